The van der Waals surface area contributed by atoms with E-state index in [0.717, 1.165) is 5.56 Å². The molecule has 0 bridgehead atoms. The maximum atomic E-state index is 11.7. The van der Waals surface area contributed by atoms with Crippen molar-refractivity contribution in [2.45, 2.75) is 75.7 Å². The molecule has 14 heteroatoms. The number of methoxy groups -OCH3 is 2. The summed E-state index contributed by atoms with van der Waals surface area (Å²) >= 11 is 29.1. The molecule has 0 saturated heterocycles. The average Bonchev–Trinajstić information content (AvgIpc) is 3.76. The summed E-state index contributed by atoms with van der Waals surface area (Å²) in [4.78, 5) is 57.8. The summed E-state index contributed by atoms with van der Waals surface area (Å²) in [5.41, 5.74) is 3.48. The Morgan fingerprint density at radius 3 is 1.41 bits per heavy atom. The van der Waals surface area contributed by atoms with E-state index in [1.807, 2.05) is 93.5 Å². The minimum Gasteiger partial charge on any atom is -0.497 e. The van der Waals surface area contributed by atoms with E-state index in [2.05, 4.69) is 0 Å². The first-order chi connectivity index (χ1) is 31.9. The summed E-state index contributed by atoms with van der Waals surface area (Å²) in [6.07, 6.45) is 0.484. The van der Waals surface area contributed by atoms with E-state index >= 15 is 0 Å². The van der Waals surface area contributed by atoms with Crippen LogP contribution in [-0.4, -0.2) is 49.9 Å². The number of Topliss-reactive ketones (excluding diaryl/α,β-unsaturated/α-hetero) is 5. The molecule has 1 aliphatic heterocycles. The van der Waals surface area contributed by atoms with Crippen LogP contribution in [0.25, 0.3) is 0 Å². The van der Waals surface area contributed by atoms with E-state index in [-0.39, 0.29) is 65.3 Å². The summed E-state index contributed by atoms with van der Waals surface area (Å²) in [6.45, 7) is 19.0. The Labute approximate surface area is 426 Å². The molecule has 68 heavy (non-hydrogen) atoms. The van der Waals surface area contributed by atoms with E-state index < -0.39 is 0 Å². The normalized spacial score (nSPS) is 11.0. The van der Waals surface area contributed by atoms with E-state index in [9.17, 15) is 24.0 Å². The summed E-state index contributed by atoms with van der Waals surface area (Å²) in [6, 6.07) is 27.7. The quantitative estimate of drug-likeness (QED) is 0.106. The van der Waals surface area contributed by atoms with Gasteiger partial charge >= 0.3 is 0 Å². The Bertz CT molecular complexity index is 2470. The van der Waals surface area contributed by atoms with Crippen LogP contribution in [0.3, 0.4) is 0 Å². The largest absolute Gasteiger partial charge is 0.497 e. The van der Waals surface area contributed by atoms with Crippen molar-refractivity contribution in [1.82, 2.24) is 0 Å². The monoisotopic (exact) mass is 1030 g/mol. The van der Waals surface area contributed by atoms with E-state index in [1.165, 1.54) is 0 Å². The predicted molar refractivity (Wildman–Crippen MR) is 277 cm³/mol. The molecule has 0 saturated carbocycles. The molecule has 0 spiro atoms. The lowest BCUT2D eigenvalue weighted by Gasteiger charge is -2.07. The predicted octanol–water partition coefficient (Wildman–Crippen LogP) is 15.6. The highest BCUT2D eigenvalue weighted by Crippen LogP contribution is 2.33. The summed E-state index contributed by atoms with van der Waals surface area (Å²) < 4.78 is 20.4. The number of hydrogen-bond acceptors (Lipinski definition) is 9. The summed E-state index contributed by atoms with van der Waals surface area (Å²) in [5, 5.41) is 2.68. The molecule has 6 rings (SSSR count). The highest BCUT2D eigenvalue weighted by molar-refractivity contribution is 6.35. The number of halogens is 5. The molecule has 0 atom stereocenters. The van der Waals surface area contributed by atoms with Crippen molar-refractivity contribution in [1.29, 1.82) is 0 Å². The van der Waals surface area contributed by atoms with Crippen LogP contribution in [0.4, 0.5) is 0 Å². The lowest BCUT2D eigenvalue weighted by Crippen LogP contribution is -2.09. The number of hydrogen-bond donors (Lipinski definition) is 0. The van der Waals surface area contributed by atoms with Crippen LogP contribution in [0.15, 0.2) is 97.1 Å². The van der Waals surface area contributed by atoms with Gasteiger partial charge in [-0.05, 0) is 90.5 Å². The van der Waals surface area contributed by atoms with Crippen molar-refractivity contribution >= 4 is 86.9 Å². The maximum absolute atomic E-state index is 11.7. The van der Waals surface area contributed by atoms with Gasteiger partial charge in [-0.3, -0.25) is 24.0 Å². The second-order valence-electron chi connectivity index (χ2n) is 17.0. The van der Waals surface area contributed by atoms with Gasteiger partial charge in [-0.25, -0.2) is 0 Å². The van der Waals surface area contributed by atoms with Gasteiger partial charge in [-0.2, -0.15) is 0 Å². The third-order valence-electron chi connectivity index (χ3n) is 9.64. The summed E-state index contributed by atoms with van der Waals surface area (Å²) in [7, 11) is 3.10. The van der Waals surface area contributed by atoms with Crippen LogP contribution < -0.4 is 18.9 Å². The molecule has 9 nitrogen and oxygen atoms in total. The standard InChI is InChI=1S/2C11H13ClO2.C11H13ClO.C11H12O3.C10H10Cl2O/c1-7(2)11(13)8-4-9(12)6-10(5-8)14-3;1-7(2)11(13)8-4-5-10(14-3)9(12)6-8;1-8(2)11(13)7-9-4-3-5-10(12)6-9;1-7(2)11(12)8-3-4-9-10(5-8)14-6-13-9;1-6(2)10(13)7-3-8(11)5-9(12)4-7/h2*4-7H,1-3H3;3-6,8H,7H2,1-2H3;3-5,7H,6H2,1-2H3;3-6H,1-2H3. The first kappa shape index (κ1) is 59.2. The Balaban J connectivity index is 0.000000292. The van der Waals surface area contributed by atoms with Gasteiger partial charge in [0, 0.05) is 78.4 Å². The van der Waals surface area contributed by atoms with Crippen LogP contribution in [-0.2, 0) is 11.2 Å². The number of fused-ring (bicyclic) bond motifs is 1. The van der Waals surface area contributed by atoms with Gasteiger partial charge in [0.15, 0.2) is 34.6 Å². The van der Waals surface area contributed by atoms with Gasteiger partial charge in [-0.15, -0.1) is 0 Å². The Hall–Kier alpha value is -4.90. The van der Waals surface area contributed by atoms with Crippen LogP contribution in [0.1, 0.15) is 116 Å². The fraction of sp³-hybridized carbons (Fsp3) is 0.352. The maximum Gasteiger partial charge on any atom is 0.231 e. The molecule has 0 amide bonds. The molecule has 5 aromatic carbocycles. The first-order valence-corrected chi connectivity index (χ1v) is 23.8. The lowest BCUT2D eigenvalue weighted by molar-refractivity contribution is -0.121. The Morgan fingerprint density at radius 1 is 0.471 bits per heavy atom. The molecule has 5 aromatic rings. The topological polar surface area (TPSA) is 122 Å². The molecule has 0 aromatic heterocycles. The Morgan fingerprint density at radius 2 is 0.941 bits per heavy atom. The molecule has 366 valence electrons. The lowest BCUT2D eigenvalue weighted by atomic mass is 10.0. The number of ketones is 5. The fourth-order valence-corrected chi connectivity index (χ4v) is 7.00. The van der Waals surface area contributed by atoms with Crippen LogP contribution in [0, 0.1) is 29.6 Å². The highest BCUT2D eigenvalue weighted by atomic mass is 35.5. The van der Waals surface area contributed by atoms with E-state index in [1.54, 1.807) is 87.0 Å². The molecular weight excluding hydrogens is 970 g/mol. The second-order valence-corrected chi connectivity index (χ2v) is 19.1. The van der Waals surface area contributed by atoms with Crippen molar-refractivity contribution < 1.29 is 42.9 Å². The van der Waals surface area contributed by atoms with Gasteiger partial charge in [-0.1, -0.05) is 139 Å². The van der Waals surface area contributed by atoms with Gasteiger partial charge in [0.25, 0.3) is 0 Å². The van der Waals surface area contributed by atoms with Crippen molar-refractivity contribution in [2.75, 3.05) is 21.0 Å². The fourth-order valence-electron chi connectivity index (χ4n) is 5.77. The van der Waals surface area contributed by atoms with Gasteiger partial charge < -0.3 is 18.9 Å². The SMILES string of the molecule is CC(C)C(=O)Cc1cccc(Cl)c1.CC(C)C(=O)c1cc(Cl)cc(Cl)c1.CC(C)C(=O)c1ccc2c(c1)OCO2.COc1cc(Cl)cc(C(=O)C(C)C)c1.COc1ccc(C(=O)C(C)C)cc1Cl. The van der Waals surface area contributed by atoms with Crippen LogP contribution in [0.2, 0.25) is 25.1 Å². The van der Waals surface area contributed by atoms with Gasteiger partial charge in [0.1, 0.15) is 17.3 Å². The number of carbonyl (C=O) groups excluding carboxylic acids is 5. The zero-order valence-electron chi connectivity index (χ0n) is 40.6. The van der Waals surface area contributed by atoms with Gasteiger partial charge in [0.2, 0.25) is 6.79 Å². The zero-order valence-corrected chi connectivity index (χ0v) is 44.4. The first-order valence-electron chi connectivity index (χ1n) is 21.9. The van der Waals surface area contributed by atoms with Crippen molar-refractivity contribution in [2.24, 2.45) is 29.6 Å². The van der Waals surface area contributed by atoms with E-state index in [4.69, 9.17) is 77.0 Å². The highest BCUT2D eigenvalue weighted by Gasteiger charge is 2.18. The minimum absolute atomic E-state index is 0.00960. The Kier molecular flexibility index (Phi) is 25.4. The number of benzene rings is 5. The van der Waals surface area contributed by atoms with Crippen LogP contribution >= 0.6 is 58.0 Å². The number of carbonyl (C=O) groups is 5. The van der Waals surface area contributed by atoms with Crippen molar-refractivity contribution in [3.63, 3.8) is 0 Å². The molecule has 0 fully saturated rings. The third kappa shape index (κ3) is 20.0. The molecular formula is C54H61Cl5O9. The third-order valence-corrected chi connectivity index (χ3v) is 10.8. The molecule has 0 unspecified atom stereocenters. The van der Waals surface area contributed by atoms with Gasteiger partial charge in [0.05, 0.1) is 19.2 Å². The zero-order chi connectivity index (χ0) is 51.4. The molecule has 1 aliphatic rings. The van der Waals surface area contributed by atoms with Crippen LogP contribution in [0.5, 0.6) is 23.0 Å². The molecule has 0 radical (unpaired) electrons. The van der Waals surface area contributed by atoms with E-state index in [0.29, 0.717) is 76.8 Å². The number of rotatable bonds is 13. The minimum atomic E-state index is -0.0328. The molecule has 0 aliphatic carbocycles. The summed E-state index contributed by atoms with van der Waals surface area (Å²) in [5.74, 6) is 3.21. The number of ether oxygens (including phenoxy) is 4. The molecule has 0 N–H and O–H groups in total. The average molecular weight is 1030 g/mol. The second kappa shape index (κ2) is 29.2. The van der Waals surface area contributed by atoms with Crippen molar-refractivity contribution in [3.8, 4) is 23.0 Å². The molecule has 1 heterocycles. The van der Waals surface area contributed by atoms with Crippen molar-refractivity contribution in [3.05, 3.63) is 150 Å². The smallest absolute Gasteiger partial charge is 0.231 e.